The van der Waals surface area contributed by atoms with Gasteiger partial charge in [-0.3, -0.25) is 9.36 Å². The summed E-state index contributed by atoms with van der Waals surface area (Å²) in [5, 5.41) is 33.5. The molecule has 0 spiro atoms. The van der Waals surface area contributed by atoms with Gasteiger partial charge in [0, 0.05) is 25.0 Å². The van der Waals surface area contributed by atoms with Gasteiger partial charge in [0.1, 0.15) is 18.1 Å². The molecule has 1 saturated carbocycles. The van der Waals surface area contributed by atoms with Gasteiger partial charge < -0.3 is 9.94 Å². The molecule has 1 aromatic carbocycles. The molecule has 0 radical (unpaired) electrons. The predicted molar refractivity (Wildman–Crippen MR) is 135 cm³/mol. The van der Waals surface area contributed by atoms with Gasteiger partial charge in [-0.2, -0.15) is 19.6 Å². The van der Waals surface area contributed by atoms with Crippen LogP contribution in [-0.2, 0) is 7.05 Å². The lowest BCUT2D eigenvalue weighted by molar-refractivity contribution is -0.615. The fourth-order valence-corrected chi connectivity index (χ4v) is 4.88. The Hall–Kier alpha value is -4.32. The van der Waals surface area contributed by atoms with Crippen LogP contribution < -0.4 is 9.47 Å². The number of aryl methyl sites for hydroxylation is 1. The van der Waals surface area contributed by atoms with E-state index in [1.807, 2.05) is 19.3 Å². The number of ether oxygens (including phenoxy) is 1. The van der Waals surface area contributed by atoms with E-state index in [-0.39, 0.29) is 22.2 Å². The van der Waals surface area contributed by atoms with Crippen molar-refractivity contribution in [2.45, 2.75) is 25.3 Å². The molecule has 1 aliphatic rings. The van der Waals surface area contributed by atoms with Gasteiger partial charge in [0.2, 0.25) is 5.69 Å². The average molecular weight is 536 g/mol. The normalized spacial score (nSPS) is 14.1. The number of tetrazole rings is 1. The first-order valence-corrected chi connectivity index (χ1v) is 12.4. The summed E-state index contributed by atoms with van der Waals surface area (Å²) in [7, 11) is 3.34. The summed E-state index contributed by atoms with van der Waals surface area (Å²) < 4.78 is 26.8. The Labute approximate surface area is 221 Å². The smallest absolute Gasteiger partial charge is 0.221 e. The largest absolute Gasteiger partial charge is 0.618 e. The highest BCUT2D eigenvalue weighted by atomic mass is 35.5. The molecule has 4 heterocycles. The third kappa shape index (κ3) is 4.26. The highest BCUT2D eigenvalue weighted by molar-refractivity contribution is 6.31. The molecule has 1 aliphatic carbocycles. The highest BCUT2D eigenvalue weighted by Gasteiger charge is 2.34. The molecule has 1 atom stereocenters. The number of benzene rings is 1. The molecule has 0 amide bonds. The molecule has 0 bridgehead atoms. The number of pyridine rings is 1. The van der Waals surface area contributed by atoms with Crippen LogP contribution in [0.2, 0.25) is 5.02 Å². The van der Waals surface area contributed by atoms with Crippen LogP contribution in [0.1, 0.15) is 31.0 Å². The second-order valence-electron chi connectivity index (χ2n) is 9.26. The second kappa shape index (κ2) is 9.53. The Bertz CT molecular complexity index is 1610. The first kappa shape index (κ1) is 24.0. The van der Waals surface area contributed by atoms with E-state index in [4.69, 9.17) is 16.3 Å². The van der Waals surface area contributed by atoms with Crippen molar-refractivity contribution in [3.8, 4) is 33.8 Å². The van der Waals surface area contributed by atoms with Gasteiger partial charge in [-0.25, -0.2) is 4.39 Å². The second-order valence-corrected chi connectivity index (χ2v) is 9.67. The van der Waals surface area contributed by atoms with Crippen LogP contribution in [-0.4, -0.2) is 46.9 Å². The Morgan fingerprint density at radius 3 is 2.79 bits per heavy atom. The molecule has 38 heavy (non-hydrogen) atoms. The van der Waals surface area contributed by atoms with Gasteiger partial charge in [-0.05, 0) is 41.0 Å². The van der Waals surface area contributed by atoms with E-state index in [2.05, 4.69) is 25.7 Å². The lowest BCUT2D eigenvalue weighted by atomic mass is 10.0. The molecule has 0 aliphatic heterocycles. The van der Waals surface area contributed by atoms with Crippen molar-refractivity contribution in [3.63, 3.8) is 0 Å². The topological polar surface area (TPSA) is 115 Å². The predicted octanol–water partition coefficient (Wildman–Crippen LogP) is 3.75. The number of rotatable bonds is 8. The van der Waals surface area contributed by atoms with Crippen molar-refractivity contribution >= 4 is 11.6 Å². The summed E-state index contributed by atoms with van der Waals surface area (Å²) >= 11 is 6.13. The quantitative estimate of drug-likeness (QED) is 0.219. The van der Waals surface area contributed by atoms with E-state index in [0.29, 0.717) is 23.0 Å². The van der Waals surface area contributed by atoms with Crippen LogP contribution >= 0.6 is 11.6 Å². The van der Waals surface area contributed by atoms with Crippen molar-refractivity contribution in [1.29, 1.82) is 0 Å². The Kier molecular flexibility index (Phi) is 6.03. The summed E-state index contributed by atoms with van der Waals surface area (Å²) in [4.78, 5) is 0. The van der Waals surface area contributed by atoms with Crippen LogP contribution in [0.3, 0.4) is 0 Å². The average Bonchev–Trinajstić information content (AvgIpc) is 3.29. The molecule has 5 aromatic rings. The zero-order chi connectivity index (χ0) is 26.4. The fraction of sp³-hybridized carbons (Fsp3) is 0.280. The highest BCUT2D eigenvalue weighted by Crippen LogP contribution is 2.42. The van der Waals surface area contributed by atoms with E-state index in [1.54, 1.807) is 33.9 Å². The summed E-state index contributed by atoms with van der Waals surface area (Å²) in [6.45, 7) is 0. The summed E-state index contributed by atoms with van der Waals surface area (Å²) in [6.07, 6.45) is 11.0. The molecule has 13 heteroatoms. The minimum absolute atomic E-state index is 0.0501. The van der Waals surface area contributed by atoms with E-state index >= 15 is 4.39 Å². The van der Waals surface area contributed by atoms with Crippen molar-refractivity contribution < 1.29 is 13.9 Å². The molecule has 0 saturated heterocycles. The molecule has 4 aromatic heterocycles. The maximum atomic E-state index is 15.5. The maximum Gasteiger partial charge on any atom is 0.221 e. The maximum absolute atomic E-state index is 15.5. The van der Waals surface area contributed by atoms with E-state index in [0.717, 1.165) is 35.3 Å². The van der Waals surface area contributed by atoms with Gasteiger partial charge in [-0.15, -0.1) is 5.10 Å². The Balaban J connectivity index is 1.47. The molecular weight excluding hydrogens is 513 g/mol. The summed E-state index contributed by atoms with van der Waals surface area (Å²) in [5.74, 6) is 0.0855. The van der Waals surface area contributed by atoms with E-state index in [9.17, 15) is 5.21 Å². The van der Waals surface area contributed by atoms with E-state index in [1.165, 1.54) is 30.4 Å². The lowest BCUT2D eigenvalue weighted by Crippen LogP contribution is -2.36. The minimum Gasteiger partial charge on any atom is -0.618 e. The van der Waals surface area contributed by atoms with Gasteiger partial charge in [0.05, 0.1) is 46.9 Å². The standard InChI is InChI=1S/C25H23ClFN9O2/c1-33-19(7-8-29-33)16-11-30-34(12-16)21(9-15-3-4-15)22-10-23(38-2)17(13-36(22)37)24-20(35-14-28-31-32-35)6-5-18(26)25(24)27/h5-8,10-15,21H,3-4,9H2,1-2H3/t21-/m1/s1. The zero-order valence-electron chi connectivity index (χ0n) is 20.6. The van der Waals surface area contributed by atoms with Crippen LogP contribution in [0.15, 0.2) is 55.4 Å². The molecular formula is C25H23ClFN9O2. The first-order valence-electron chi connectivity index (χ1n) is 12.0. The molecule has 0 unspecified atom stereocenters. The zero-order valence-corrected chi connectivity index (χ0v) is 21.3. The van der Waals surface area contributed by atoms with Crippen LogP contribution in [0, 0.1) is 16.9 Å². The first-order chi connectivity index (χ1) is 18.4. The van der Waals surface area contributed by atoms with Crippen LogP contribution in [0.5, 0.6) is 5.75 Å². The lowest BCUT2D eigenvalue weighted by Gasteiger charge is -2.20. The number of methoxy groups -OCH3 is 1. The summed E-state index contributed by atoms with van der Waals surface area (Å²) in [6, 6.07) is 6.19. The SMILES string of the molecule is COc1cc([C@@H](CC2CC2)n2cc(-c3ccnn3C)cn2)[n+]([O-])cc1-c1c(-n2cnnn2)ccc(Cl)c1F. The van der Waals surface area contributed by atoms with Crippen molar-refractivity contribution in [2.24, 2.45) is 13.0 Å². The van der Waals surface area contributed by atoms with Crippen LogP contribution in [0.25, 0.3) is 28.1 Å². The van der Waals surface area contributed by atoms with Gasteiger partial charge in [0.25, 0.3) is 0 Å². The molecule has 194 valence electrons. The number of hydrogen-bond acceptors (Lipinski definition) is 7. The monoisotopic (exact) mass is 535 g/mol. The fourth-order valence-electron chi connectivity index (χ4n) is 4.72. The number of nitrogens with zero attached hydrogens (tertiary/aromatic N) is 9. The summed E-state index contributed by atoms with van der Waals surface area (Å²) in [5.41, 5.74) is 2.82. The molecule has 1 fully saturated rings. The van der Waals surface area contributed by atoms with Gasteiger partial charge in [0.15, 0.2) is 12.0 Å². The number of hydrogen-bond donors (Lipinski definition) is 0. The van der Waals surface area contributed by atoms with Gasteiger partial charge >= 0.3 is 0 Å². The Morgan fingerprint density at radius 2 is 2.11 bits per heavy atom. The van der Waals surface area contributed by atoms with Gasteiger partial charge in [-0.1, -0.05) is 24.4 Å². The molecule has 11 nitrogen and oxygen atoms in total. The molecule has 6 rings (SSSR count). The minimum atomic E-state index is -0.715. The number of halogens is 2. The third-order valence-corrected chi connectivity index (χ3v) is 7.13. The van der Waals surface area contributed by atoms with Crippen molar-refractivity contribution in [1.82, 2.24) is 39.8 Å². The van der Waals surface area contributed by atoms with E-state index < -0.39 is 5.82 Å². The third-order valence-electron chi connectivity index (χ3n) is 6.84. The van der Waals surface area contributed by atoms with Crippen molar-refractivity contribution in [2.75, 3.05) is 7.11 Å². The van der Waals surface area contributed by atoms with Crippen molar-refractivity contribution in [3.05, 3.63) is 77.1 Å². The Morgan fingerprint density at radius 1 is 1.26 bits per heavy atom. The van der Waals surface area contributed by atoms with Crippen LogP contribution in [0.4, 0.5) is 4.39 Å². The molecule has 0 N–H and O–H groups in total. The number of aromatic nitrogens is 9.